The van der Waals surface area contributed by atoms with Crippen molar-refractivity contribution in [2.75, 3.05) is 6.61 Å². The van der Waals surface area contributed by atoms with Crippen molar-refractivity contribution >= 4 is 50.5 Å². The van der Waals surface area contributed by atoms with E-state index in [0.29, 0.717) is 29.5 Å². The number of hydrogen-bond acceptors (Lipinski definition) is 7. The van der Waals surface area contributed by atoms with Crippen molar-refractivity contribution in [1.29, 1.82) is 0 Å². The third-order valence-electron chi connectivity index (χ3n) is 9.66. The van der Waals surface area contributed by atoms with Gasteiger partial charge in [-0.1, -0.05) is 146 Å². The Balaban J connectivity index is 1.22. The van der Waals surface area contributed by atoms with Gasteiger partial charge in [-0.2, -0.15) is 0 Å². The van der Waals surface area contributed by atoms with Crippen molar-refractivity contribution in [2.24, 2.45) is 0 Å². The molecule has 9 nitrogen and oxygen atoms in total. The SMILES string of the molecule is CC/C=C\c1nc(Cl)c(C(=O)OCC)n1Cc1ccc2oc(-c3ccccc3-c3nnn(C(c4ccccc4)(c4ccccc4)c4ccccc4)n3)c(Br)c2c1. The molecule has 0 aliphatic rings. The summed E-state index contributed by atoms with van der Waals surface area (Å²) in [6.07, 6.45) is 4.64. The number of hydrogen-bond donors (Lipinski definition) is 0. The number of rotatable bonds is 12. The van der Waals surface area contributed by atoms with E-state index in [0.717, 1.165) is 49.7 Å². The van der Waals surface area contributed by atoms with Gasteiger partial charge in [-0.3, -0.25) is 0 Å². The molecule has 0 aliphatic heterocycles. The molecular weight excluding hydrogens is 788 g/mol. The highest BCUT2D eigenvalue weighted by Crippen LogP contribution is 2.43. The molecule has 0 fully saturated rings. The van der Waals surface area contributed by atoms with E-state index in [1.165, 1.54) is 0 Å². The van der Waals surface area contributed by atoms with Gasteiger partial charge >= 0.3 is 5.97 Å². The molecule has 11 heteroatoms. The minimum absolute atomic E-state index is 0.0998. The Kier molecular flexibility index (Phi) is 10.5. The van der Waals surface area contributed by atoms with Gasteiger partial charge in [0, 0.05) is 23.1 Å². The summed E-state index contributed by atoms with van der Waals surface area (Å²) in [5.41, 5.74) is 5.40. The molecule has 0 spiro atoms. The zero-order valence-electron chi connectivity index (χ0n) is 30.6. The van der Waals surface area contributed by atoms with Crippen LogP contribution in [0.25, 0.3) is 39.8 Å². The van der Waals surface area contributed by atoms with E-state index < -0.39 is 11.5 Å². The average molecular weight is 824 g/mol. The van der Waals surface area contributed by atoms with Crippen LogP contribution in [0, 0.1) is 0 Å². The van der Waals surface area contributed by atoms with E-state index in [-0.39, 0.29) is 17.5 Å². The van der Waals surface area contributed by atoms with Gasteiger partial charge < -0.3 is 13.7 Å². The number of aromatic nitrogens is 6. The van der Waals surface area contributed by atoms with Gasteiger partial charge in [0.15, 0.2) is 16.4 Å². The van der Waals surface area contributed by atoms with Crippen molar-refractivity contribution < 1.29 is 13.9 Å². The summed E-state index contributed by atoms with van der Waals surface area (Å²) >= 11 is 10.4. The van der Waals surface area contributed by atoms with E-state index in [1.54, 1.807) is 16.3 Å². The number of ether oxygens (including phenoxy) is 1. The van der Waals surface area contributed by atoms with Gasteiger partial charge in [-0.15, -0.1) is 15.0 Å². The van der Waals surface area contributed by atoms with Crippen molar-refractivity contribution in [3.05, 3.63) is 183 Å². The fraction of sp³-hybridized carbons (Fsp3) is 0.133. The lowest BCUT2D eigenvalue weighted by Gasteiger charge is -2.34. The molecule has 56 heavy (non-hydrogen) atoms. The van der Waals surface area contributed by atoms with Gasteiger partial charge in [0.25, 0.3) is 0 Å². The molecule has 0 aliphatic carbocycles. The third kappa shape index (κ3) is 6.65. The van der Waals surface area contributed by atoms with Crippen molar-refractivity contribution in [2.45, 2.75) is 32.4 Å². The molecule has 0 radical (unpaired) electrons. The highest BCUT2D eigenvalue weighted by atomic mass is 79.9. The first-order valence-electron chi connectivity index (χ1n) is 18.3. The summed E-state index contributed by atoms with van der Waals surface area (Å²) in [5.74, 6) is 1.10. The van der Waals surface area contributed by atoms with Gasteiger partial charge in [-0.25, -0.2) is 9.78 Å². The molecule has 0 amide bonds. The van der Waals surface area contributed by atoms with Crippen molar-refractivity contribution in [1.82, 2.24) is 29.8 Å². The van der Waals surface area contributed by atoms with Crippen LogP contribution in [-0.4, -0.2) is 42.3 Å². The quantitative estimate of drug-likeness (QED) is 0.0893. The molecule has 8 rings (SSSR count). The van der Waals surface area contributed by atoms with Crippen LogP contribution in [0.15, 0.2) is 148 Å². The lowest BCUT2D eigenvalue weighted by molar-refractivity contribution is 0.0514. The smallest absolute Gasteiger partial charge is 0.358 e. The molecule has 3 aromatic heterocycles. The highest BCUT2D eigenvalue weighted by Gasteiger charge is 2.41. The number of esters is 1. The summed E-state index contributed by atoms with van der Waals surface area (Å²) < 4.78 is 14.4. The Labute approximate surface area is 337 Å². The number of furan rings is 1. The number of allylic oxidation sites excluding steroid dienone is 1. The molecule has 8 aromatic rings. The lowest BCUT2D eigenvalue weighted by Crippen LogP contribution is -2.39. The molecule has 0 unspecified atom stereocenters. The van der Waals surface area contributed by atoms with Gasteiger partial charge in [0.1, 0.15) is 17.2 Å². The van der Waals surface area contributed by atoms with Crippen LogP contribution in [-0.2, 0) is 16.8 Å². The number of fused-ring (bicyclic) bond motifs is 1. The maximum Gasteiger partial charge on any atom is 0.358 e. The van der Waals surface area contributed by atoms with Crippen LogP contribution < -0.4 is 0 Å². The number of halogens is 2. The molecule has 3 heterocycles. The Hall–Kier alpha value is -6.10. The fourth-order valence-corrected chi connectivity index (χ4v) is 8.01. The van der Waals surface area contributed by atoms with Crippen LogP contribution in [0.2, 0.25) is 5.15 Å². The molecule has 278 valence electrons. The van der Waals surface area contributed by atoms with Crippen LogP contribution in [0.4, 0.5) is 0 Å². The van der Waals surface area contributed by atoms with Gasteiger partial charge in [0.2, 0.25) is 5.82 Å². The Bertz CT molecular complexity index is 2570. The van der Waals surface area contributed by atoms with E-state index in [4.69, 9.17) is 36.2 Å². The summed E-state index contributed by atoms with van der Waals surface area (Å²) in [7, 11) is 0. The van der Waals surface area contributed by atoms with E-state index in [9.17, 15) is 4.79 Å². The third-order valence-corrected chi connectivity index (χ3v) is 10.7. The summed E-state index contributed by atoms with van der Waals surface area (Å²) in [6, 6.07) is 44.6. The second-order valence-electron chi connectivity index (χ2n) is 13.1. The first-order chi connectivity index (χ1) is 27.4. The maximum absolute atomic E-state index is 13.0. The zero-order valence-corrected chi connectivity index (χ0v) is 33.0. The Morgan fingerprint density at radius 1 is 0.839 bits per heavy atom. The minimum Gasteiger partial charge on any atom is -0.461 e. The highest BCUT2D eigenvalue weighted by molar-refractivity contribution is 9.10. The predicted molar refractivity (Wildman–Crippen MR) is 222 cm³/mol. The van der Waals surface area contributed by atoms with Crippen molar-refractivity contribution in [3.63, 3.8) is 0 Å². The molecule has 0 N–H and O–H groups in total. The van der Waals surface area contributed by atoms with Gasteiger partial charge in [-0.05, 0) is 75.0 Å². The monoisotopic (exact) mass is 822 g/mol. The van der Waals surface area contributed by atoms with Crippen LogP contribution >= 0.6 is 27.5 Å². The normalized spacial score (nSPS) is 11.8. The average Bonchev–Trinajstić information content (AvgIpc) is 3.94. The number of imidazole rings is 1. The second-order valence-corrected chi connectivity index (χ2v) is 14.2. The minimum atomic E-state index is -0.918. The first kappa shape index (κ1) is 36.9. The lowest BCUT2D eigenvalue weighted by atomic mass is 9.77. The number of tetrazole rings is 1. The second kappa shape index (κ2) is 15.9. The number of carbonyl (C=O) groups is 1. The summed E-state index contributed by atoms with van der Waals surface area (Å²) in [5, 5.41) is 15.6. The Morgan fingerprint density at radius 3 is 2.05 bits per heavy atom. The van der Waals surface area contributed by atoms with Crippen LogP contribution in [0.5, 0.6) is 0 Å². The van der Waals surface area contributed by atoms with E-state index >= 15 is 0 Å². The topological polar surface area (TPSA) is 101 Å². The van der Waals surface area contributed by atoms with Crippen molar-refractivity contribution in [3.8, 4) is 22.7 Å². The summed E-state index contributed by atoms with van der Waals surface area (Å²) in [4.78, 5) is 19.2. The van der Waals surface area contributed by atoms with Gasteiger partial charge in [0.05, 0.1) is 11.1 Å². The first-order valence-corrected chi connectivity index (χ1v) is 19.5. The van der Waals surface area contributed by atoms with Crippen LogP contribution in [0.1, 0.15) is 58.8 Å². The number of nitrogens with zero attached hydrogens (tertiary/aromatic N) is 6. The van der Waals surface area contributed by atoms with E-state index in [1.807, 2.05) is 116 Å². The molecular formula is C45H36BrClN6O3. The standard InChI is InChI=1S/C45H36BrClN6O3/c1-3-5-25-38-48-42(47)40(44(54)55-4-2)52(38)29-30-26-27-37-36(28-30)39(46)41(56-37)34-23-15-16-24-35(34)43-49-51-53(50-43)45(31-17-9-6-10-18-31,32-19-11-7-12-20-32)33-21-13-8-14-22-33/h5-28H,3-4,29H2,1-2H3/b25-5-. The molecule has 0 bridgehead atoms. The largest absolute Gasteiger partial charge is 0.461 e. The molecule has 0 atom stereocenters. The Morgan fingerprint density at radius 2 is 1.45 bits per heavy atom. The fourth-order valence-electron chi connectivity index (χ4n) is 7.14. The summed E-state index contributed by atoms with van der Waals surface area (Å²) in [6.45, 7) is 4.34. The number of carbonyl (C=O) groups excluding carboxylic acids is 1. The van der Waals surface area contributed by atoms with E-state index in [2.05, 4.69) is 57.3 Å². The molecule has 5 aromatic carbocycles. The molecule has 0 saturated carbocycles. The molecule has 0 saturated heterocycles. The predicted octanol–water partition coefficient (Wildman–Crippen LogP) is 10.9. The number of benzene rings is 5. The van der Waals surface area contributed by atoms with Crippen LogP contribution in [0.3, 0.4) is 0 Å². The maximum atomic E-state index is 13.0. The zero-order chi connectivity index (χ0) is 38.6.